The third-order valence-electron chi connectivity index (χ3n) is 2.71. The molecule has 0 bridgehead atoms. The number of rotatable bonds is 2. The van der Waals surface area contributed by atoms with Crippen LogP contribution in [-0.4, -0.2) is 17.4 Å². The minimum atomic E-state index is -0.272. The largest absolute Gasteiger partial charge is 0.320 e. The van der Waals surface area contributed by atoms with Gasteiger partial charge >= 0.3 is 0 Å². The number of carbonyl (C=O) groups excluding carboxylic acids is 1. The Morgan fingerprint density at radius 2 is 2.19 bits per heavy atom. The standard InChI is InChI=1S/C16H14ClN3O/c1-11-4-6-14(12(9-11)3-2-8-18)16(21)20-15-7-5-13(17)10-19-15/h4-7,9-10H,8,18H2,1H3,(H,19,20,21). The number of hydrogen-bond donors (Lipinski definition) is 2. The van der Waals surface area contributed by atoms with Gasteiger partial charge in [0.1, 0.15) is 5.82 Å². The number of nitrogens with zero attached hydrogens (tertiary/aromatic N) is 1. The van der Waals surface area contributed by atoms with Crippen LogP contribution in [0.15, 0.2) is 36.5 Å². The van der Waals surface area contributed by atoms with E-state index < -0.39 is 0 Å². The first kappa shape index (κ1) is 15.0. The van der Waals surface area contributed by atoms with E-state index in [1.54, 1.807) is 18.2 Å². The van der Waals surface area contributed by atoms with E-state index in [0.717, 1.165) is 5.56 Å². The fourth-order valence-corrected chi connectivity index (χ4v) is 1.85. The monoisotopic (exact) mass is 299 g/mol. The summed E-state index contributed by atoms with van der Waals surface area (Å²) in [5, 5.41) is 3.23. The number of hydrogen-bond acceptors (Lipinski definition) is 3. The van der Waals surface area contributed by atoms with Crippen LogP contribution in [0.1, 0.15) is 21.5 Å². The number of carbonyl (C=O) groups is 1. The van der Waals surface area contributed by atoms with E-state index in [1.165, 1.54) is 6.20 Å². The summed E-state index contributed by atoms with van der Waals surface area (Å²) in [6, 6.07) is 8.75. The highest BCUT2D eigenvalue weighted by atomic mass is 35.5. The lowest BCUT2D eigenvalue weighted by Crippen LogP contribution is -2.14. The smallest absolute Gasteiger partial charge is 0.258 e. The van der Waals surface area contributed by atoms with Crippen molar-refractivity contribution in [3.05, 3.63) is 58.2 Å². The summed E-state index contributed by atoms with van der Waals surface area (Å²) in [5.41, 5.74) is 7.54. The summed E-state index contributed by atoms with van der Waals surface area (Å²) in [6.45, 7) is 2.18. The van der Waals surface area contributed by atoms with Gasteiger partial charge in [-0.05, 0) is 36.8 Å². The fourth-order valence-electron chi connectivity index (χ4n) is 1.74. The highest BCUT2D eigenvalue weighted by Crippen LogP contribution is 2.14. The molecule has 0 atom stereocenters. The van der Waals surface area contributed by atoms with Crippen LogP contribution in [0.2, 0.25) is 5.02 Å². The Hall–Kier alpha value is -2.35. The van der Waals surface area contributed by atoms with Crippen molar-refractivity contribution in [3.63, 3.8) is 0 Å². The van der Waals surface area contributed by atoms with Crippen LogP contribution in [-0.2, 0) is 0 Å². The summed E-state index contributed by atoms with van der Waals surface area (Å²) < 4.78 is 0. The summed E-state index contributed by atoms with van der Waals surface area (Å²) in [4.78, 5) is 16.3. The van der Waals surface area contributed by atoms with E-state index in [1.807, 2.05) is 19.1 Å². The summed E-state index contributed by atoms with van der Waals surface area (Å²) in [6.07, 6.45) is 1.47. The van der Waals surface area contributed by atoms with E-state index in [2.05, 4.69) is 22.1 Å². The number of nitrogens with one attached hydrogen (secondary N) is 1. The lowest BCUT2D eigenvalue weighted by molar-refractivity contribution is 0.102. The molecule has 0 aliphatic carbocycles. The molecule has 2 aromatic rings. The number of halogens is 1. The van der Waals surface area contributed by atoms with Crippen LogP contribution in [0.5, 0.6) is 0 Å². The Morgan fingerprint density at radius 1 is 1.38 bits per heavy atom. The molecule has 0 unspecified atom stereocenters. The maximum Gasteiger partial charge on any atom is 0.258 e. The normalized spacial score (nSPS) is 9.67. The third kappa shape index (κ3) is 4.06. The van der Waals surface area contributed by atoms with Crippen LogP contribution < -0.4 is 11.1 Å². The van der Waals surface area contributed by atoms with Gasteiger partial charge in [0.25, 0.3) is 5.91 Å². The Morgan fingerprint density at radius 3 is 2.86 bits per heavy atom. The number of anilines is 1. The van der Waals surface area contributed by atoms with Gasteiger partial charge in [-0.3, -0.25) is 4.79 Å². The van der Waals surface area contributed by atoms with Gasteiger partial charge in [0.2, 0.25) is 0 Å². The van der Waals surface area contributed by atoms with E-state index in [4.69, 9.17) is 17.3 Å². The third-order valence-corrected chi connectivity index (χ3v) is 2.94. The van der Waals surface area contributed by atoms with Crippen molar-refractivity contribution < 1.29 is 4.79 Å². The van der Waals surface area contributed by atoms with E-state index >= 15 is 0 Å². The van der Waals surface area contributed by atoms with Gasteiger partial charge in [-0.2, -0.15) is 0 Å². The molecular weight excluding hydrogens is 286 g/mol. The van der Waals surface area contributed by atoms with Gasteiger partial charge in [-0.25, -0.2) is 4.98 Å². The van der Waals surface area contributed by atoms with Crippen molar-refractivity contribution in [2.45, 2.75) is 6.92 Å². The zero-order valence-electron chi connectivity index (χ0n) is 11.5. The van der Waals surface area contributed by atoms with E-state index in [0.29, 0.717) is 22.0 Å². The van der Waals surface area contributed by atoms with Gasteiger partial charge < -0.3 is 11.1 Å². The van der Waals surface area contributed by atoms with E-state index in [-0.39, 0.29) is 12.5 Å². The molecule has 2 rings (SSSR count). The van der Waals surface area contributed by atoms with Gasteiger partial charge in [-0.15, -0.1) is 0 Å². The SMILES string of the molecule is Cc1ccc(C(=O)Nc2ccc(Cl)cn2)c(C#CCN)c1. The van der Waals surface area contributed by atoms with Crippen molar-refractivity contribution in [2.24, 2.45) is 5.73 Å². The fraction of sp³-hybridized carbons (Fsp3) is 0.125. The molecular formula is C16H14ClN3O. The number of pyridine rings is 1. The van der Waals surface area contributed by atoms with Gasteiger partial charge in [-0.1, -0.05) is 29.5 Å². The predicted molar refractivity (Wildman–Crippen MR) is 84.3 cm³/mol. The highest BCUT2D eigenvalue weighted by Gasteiger charge is 2.11. The topological polar surface area (TPSA) is 68.0 Å². The average molecular weight is 300 g/mol. The summed E-state index contributed by atoms with van der Waals surface area (Å²) in [7, 11) is 0. The van der Waals surface area contributed by atoms with Crippen LogP contribution in [0.25, 0.3) is 0 Å². The quantitative estimate of drug-likeness (QED) is 0.838. The Kier molecular flexibility index (Phi) is 4.94. The number of aromatic nitrogens is 1. The highest BCUT2D eigenvalue weighted by molar-refractivity contribution is 6.30. The molecule has 5 heteroatoms. The zero-order chi connectivity index (χ0) is 15.2. The molecule has 4 nitrogen and oxygen atoms in total. The molecule has 3 N–H and O–H groups in total. The Labute approximate surface area is 128 Å². The molecule has 0 aliphatic heterocycles. The van der Waals surface area contributed by atoms with E-state index in [9.17, 15) is 4.79 Å². The molecule has 1 aromatic carbocycles. The first-order chi connectivity index (χ1) is 10.1. The second-order valence-electron chi connectivity index (χ2n) is 4.37. The van der Waals surface area contributed by atoms with Gasteiger partial charge in [0.05, 0.1) is 17.1 Å². The molecule has 1 amide bonds. The van der Waals surface area contributed by atoms with Gasteiger partial charge in [0, 0.05) is 11.8 Å². The van der Waals surface area contributed by atoms with Crippen LogP contribution in [0, 0.1) is 18.8 Å². The first-order valence-electron chi connectivity index (χ1n) is 6.32. The molecule has 0 spiro atoms. The second-order valence-corrected chi connectivity index (χ2v) is 4.81. The molecule has 21 heavy (non-hydrogen) atoms. The maximum atomic E-state index is 12.3. The molecule has 0 aliphatic rings. The number of benzene rings is 1. The van der Waals surface area contributed by atoms with Crippen LogP contribution in [0.3, 0.4) is 0 Å². The first-order valence-corrected chi connectivity index (χ1v) is 6.70. The second kappa shape index (κ2) is 6.89. The van der Waals surface area contributed by atoms with Crippen LogP contribution in [0.4, 0.5) is 5.82 Å². The molecule has 0 saturated heterocycles. The molecule has 0 fully saturated rings. The molecule has 106 valence electrons. The molecule has 1 aromatic heterocycles. The number of amides is 1. The van der Waals surface area contributed by atoms with Crippen molar-refractivity contribution in [3.8, 4) is 11.8 Å². The number of aryl methyl sites for hydroxylation is 1. The lowest BCUT2D eigenvalue weighted by Gasteiger charge is -2.07. The van der Waals surface area contributed by atoms with Crippen molar-refractivity contribution in [2.75, 3.05) is 11.9 Å². The Balaban J connectivity index is 2.28. The average Bonchev–Trinajstić information content (AvgIpc) is 2.47. The molecule has 0 radical (unpaired) electrons. The molecule has 0 saturated carbocycles. The molecule has 1 heterocycles. The summed E-state index contributed by atoms with van der Waals surface area (Å²) >= 11 is 5.76. The van der Waals surface area contributed by atoms with Crippen molar-refractivity contribution >= 4 is 23.3 Å². The van der Waals surface area contributed by atoms with Gasteiger partial charge in [0.15, 0.2) is 0 Å². The van der Waals surface area contributed by atoms with Crippen LogP contribution >= 0.6 is 11.6 Å². The predicted octanol–water partition coefficient (Wildman–Crippen LogP) is 2.61. The minimum absolute atomic E-state index is 0.244. The minimum Gasteiger partial charge on any atom is -0.320 e. The van der Waals surface area contributed by atoms with Crippen molar-refractivity contribution in [1.29, 1.82) is 0 Å². The number of nitrogens with two attached hydrogens (primary N) is 1. The maximum absolute atomic E-state index is 12.3. The Bertz CT molecular complexity index is 715. The summed E-state index contributed by atoms with van der Waals surface area (Å²) in [5.74, 6) is 5.84. The lowest BCUT2D eigenvalue weighted by atomic mass is 10.0. The zero-order valence-corrected chi connectivity index (χ0v) is 12.2. The van der Waals surface area contributed by atoms with Crippen molar-refractivity contribution in [1.82, 2.24) is 4.98 Å².